The van der Waals surface area contributed by atoms with Crippen LogP contribution in [0.2, 0.25) is 0 Å². The molecular formula is C28H27N5O10. The van der Waals surface area contributed by atoms with Gasteiger partial charge in [0.15, 0.2) is 0 Å². The number of benzene rings is 4. The fraction of sp³-hybridized carbons (Fsp3) is 0.143. The van der Waals surface area contributed by atoms with Gasteiger partial charge < -0.3 is 0 Å². The van der Waals surface area contributed by atoms with Crippen molar-refractivity contribution in [3.8, 4) is 0 Å². The number of aryl methyl sites for hydroxylation is 4. The average molecular weight is 594 g/mol. The van der Waals surface area contributed by atoms with Gasteiger partial charge in [0.25, 0.3) is 28.4 Å². The molecular weight excluding hydrogens is 566 g/mol. The van der Waals surface area contributed by atoms with E-state index in [2.05, 4.69) is 0 Å². The molecule has 43 heavy (non-hydrogen) atoms. The van der Waals surface area contributed by atoms with Gasteiger partial charge in [-0.25, -0.2) is 0 Å². The van der Waals surface area contributed by atoms with Crippen LogP contribution < -0.4 is 0 Å². The summed E-state index contributed by atoms with van der Waals surface area (Å²) in [6.07, 6.45) is 0. The number of nitro groups is 5. The zero-order valence-corrected chi connectivity index (χ0v) is 23.5. The van der Waals surface area contributed by atoms with Crippen molar-refractivity contribution in [2.45, 2.75) is 27.7 Å². The lowest BCUT2D eigenvalue weighted by molar-refractivity contribution is -0.394. The molecule has 0 aromatic heterocycles. The SMILES string of the molecule is Cc1ccc([N+](=O)[O-])cc1.Cc1ccc([N+](=O)[O-])cc1[N+](=O)[O-].Cc1cccc([N+](=O)[O-])c1.Cc1ccccc1[N+](=O)[O-]. The van der Waals surface area contributed by atoms with E-state index in [0.29, 0.717) is 11.1 Å². The lowest BCUT2D eigenvalue weighted by Gasteiger charge is -1.95. The van der Waals surface area contributed by atoms with Crippen LogP contribution in [0.3, 0.4) is 0 Å². The number of nitrogens with zero attached hydrogens (tertiary/aromatic N) is 5. The van der Waals surface area contributed by atoms with Crippen molar-refractivity contribution in [2.75, 3.05) is 0 Å². The molecule has 4 aromatic rings. The summed E-state index contributed by atoms with van der Waals surface area (Å²) < 4.78 is 0. The lowest BCUT2D eigenvalue weighted by atomic mass is 10.2. The molecule has 0 aliphatic heterocycles. The molecule has 4 aromatic carbocycles. The van der Waals surface area contributed by atoms with E-state index in [1.165, 1.54) is 43.3 Å². The highest BCUT2D eigenvalue weighted by atomic mass is 16.6. The molecule has 0 unspecified atom stereocenters. The Morgan fingerprint density at radius 3 is 1.28 bits per heavy atom. The Bertz CT molecular complexity index is 1610. The molecule has 0 N–H and O–H groups in total. The molecule has 0 bridgehead atoms. The van der Waals surface area contributed by atoms with Gasteiger partial charge in [-0.3, -0.25) is 50.6 Å². The van der Waals surface area contributed by atoms with Crippen LogP contribution in [-0.2, 0) is 0 Å². The van der Waals surface area contributed by atoms with Crippen molar-refractivity contribution in [3.05, 3.63) is 164 Å². The zero-order chi connectivity index (χ0) is 32.7. The van der Waals surface area contributed by atoms with Gasteiger partial charge in [-0.15, -0.1) is 0 Å². The highest BCUT2D eigenvalue weighted by molar-refractivity contribution is 5.48. The summed E-state index contributed by atoms with van der Waals surface area (Å²) in [7, 11) is 0. The molecule has 0 aliphatic carbocycles. The minimum absolute atomic E-state index is 0.144. The first-order valence-electron chi connectivity index (χ1n) is 12.2. The first kappa shape index (κ1) is 34.9. The molecule has 4 rings (SSSR count). The fourth-order valence-corrected chi connectivity index (χ4v) is 3.08. The number of hydrogen-bond acceptors (Lipinski definition) is 10. The van der Waals surface area contributed by atoms with Gasteiger partial charge in [0.2, 0.25) is 0 Å². The van der Waals surface area contributed by atoms with E-state index in [-0.39, 0.29) is 33.4 Å². The van der Waals surface area contributed by atoms with Crippen molar-refractivity contribution in [1.29, 1.82) is 0 Å². The van der Waals surface area contributed by atoms with Gasteiger partial charge >= 0.3 is 0 Å². The number of nitro benzene ring substituents is 5. The van der Waals surface area contributed by atoms with E-state index in [1.807, 2.05) is 19.9 Å². The predicted octanol–water partition coefficient (Wildman–Crippen LogP) is 7.52. The van der Waals surface area contributed by atoms with Crippen LogP contribution in [-0.4, -0.2) is 24.6 Å². The third-order valence-corrected chi connectivity index (χ3v) is 5.37. The summed E-state index contributed by atoms with van der Waals surface area (Å²) in [6, 6.07) is 23.2. The van der Waals surface area contributed by atoms with Gasteiger partial charge in [0.05, 0.1) is 30.7 Å². The van der Waals surface area contributed by atoms with E-state index in [1.54, 1.807) is 49.4 Å². The maximum Gasteiger partial charge on any atom is 0.279 e. The van der Waals surface area contributed by atoms with Gasteiger partial charge in [-0.05, 0) is 39.3 Å². The Kier molecular flexibility index (Phi) is 13.7. The second-order valence-corrected chi connectivity index (χ2v) is 8.72. The molecule has 15 heteroatoms. The lowest BCUT2D eigenvalue weighted by Crippen LogP contribution is -1.94. The van der Waals surface area contributed by atoms with Gasteiger partial charge in [0, 0.05) is 47.5 Å². The quantitative estimate of drug-likeness (QED) is 0.164. The monoisotopic (exact) mass is 593 g/mol. The van der Waals surface area contributed by atoms with Crippen LogP contribution in [0.5, 0.6) is 0 Å². The van der Waals surface area contributed by atoms with Gasteiger partial charge in [-0.1, -0.05) is 48.0 Å². The van der Waals surface area contributed by atoms with Gasteiger partial charge in [-0.2, -0.15) is 0 Å². The molecule has 0 amide bonds. The third-order valence-electron chi connectivity index (χ3n) is 5.37. The van der Waals surface area contributed by atoms with E-state index < -0.39 is 19.7 Å². The van der Waals surface area contributed by atoms with Crippen molar-refractivity contribution in [3.63, 3.8) is 0 Å². The van der Waals surface area contributed by atoms with Gasteiger partial charge in [0.1, 0.15) is 0 Å². The van der Waals surface area contributed by atoms with Crippen LogP contribution in [0.15, 0.2) is 91.0 Å². The molecule has 0 saturated carbocycles. The summed E-state index contributed by atoms with van der Waals surface area (Å²) in [5.41, 5.74) is 3.04. The number of non-ortho nitro benzene ring substituents is 3. The highest BCUT2D eigenvalue weighted by Crippen LogP contribution is 2.23. The van der Waals surface area contributed by atoms with E-state index >= 15 is 0 Å². The summed E-state index contributed by atoms with van der Waals surface area (Å²) in [4.78, 5) is 48.7. The van der Waals surface area contributed by atoms with Crippen LogP contribution in [0, 0.1) is 78.3 Å². The topological polar surface area (TPSA) is 216 Å². The molecule has 224 valence electrons. The maximum absolute atomic E-state index is 10.4. The number of hydrogen-bond donors (Lipinski definition) is 0. The summed E-state index contributed by atoms with van der Waals surface area (Å²) >= 11 is 0. The first-order chi connectivity index (χ1) is 20.1. The Morgan fingerprint density at radius 1 is 0.395 bits per heavy atom. The van der Waals surface area contributed by atoms with Crippen LogP contribution in [0.4, 0.5) is 28.4 Å². The van der Waals surface area contributed by atoms with E-state index in [0.717, 1.165) is 17.2 Å². The zero-order valence-electron chi connectivity index (χ0n) is 23.5. The highest BCUT2D eigenvalue weighted by Gasteiger charge is 2.16. The first-order valence-corrected chi connectivity index (χ1v) is 12.2. The molecule has 0 saturated heterocycles. The average Bonchev–Trinajstić information content (AvgIpc) is 2.94. The summed E-state index contributed by atoms with van der Waals surface area (Å²) in [6.45, 7) is 6.97. The summed E-state index contributed by atoms with van der Waals surface area (Å²) in [5, 5.41) is 51.2. The second-order valence-electron chi connectivity index (χ2n) is 8.72. The molecule has 15 nitrogen and oxygen atoms in total. The van der Waals surface area contributed by atoms with Crippen molar-refractivity contribution in [1.82, 2.24) is 0 Å². The Hall–Kier alpha value is -6.12. The van der Waals surface area contributed by atoms with Crippen LogP contribution in [0.1, 0.15) is 22.3 Å². The van der Waals surface area contributed by atoms with Crippen molar-refractivity contribution >= 4 is 28.4 Å². The smallest absolute Gasteiger partial charge is 0.258 e. The molecule has 0 spiro atoms. The summed E-state index contributed by atoms with van der Waals surface area (Å²) in [5.74, 6) is 0. The normalized spacial score (nSPS) is 9.40. The van der Waals surface area contributed by atoms with Crippen molar-refractivity contribution < 1.29 is 24.6 Å². The van der Waals surface area contributed by atoms with Crippen molar-refractivity contribution in [2.24, 2.45) is 0 Å². The Labute approximate surface area is 244 Å². The second kappa shape index (κ2) is 16.9. The molecule has 0 aliphatic rings. The molecule has 0 radical (unpaired) electrons. The van der Waals surface area contributed by atoms with E-state index in [4.69, 9.17) is 0 Å². The maximum atomic E-state index is 10.4. The van der Waals surface area contributed by atoms with Crippen LogP contribution >= 0.6 is 0 Å². The minimum Gasteiger partial charge on any atom is -0.258 e. The largest absolute Gasteiger partial charge is 0.279 e. The molecule has 0 fully saturated rings. The van der Waals surface area contributed by atoms with E-state index in [9.17, 15) is 50.6 Å². The Balaban J connectivity index is 0.000000289. The number of rotatable bonds is 5. The number of para-hydroxylation sites is 1. The Morgan fingerprint density at radius 2 is 0.860 bits per heavy atom. The standard InChI is InChI=1S/C7H6N2O4.3C7H7NO2/c1-5-2-3-6(8(10)11)4-7(5)9(12)13;1-6-2-4-7(5-3-6)8(9)10;1-6-3-2-4-7(5-6)8(9)10;1-6-4-2-3-5-7(6)8(9)10/h2-4H,1H3;3*2-5H,1H3. The van der Waals surface area contributed by atoms with Crippen LogP contribution in [0.25, 0.3) is 0 Å². The molecule has 0 atom stereocenters. The third kappa shape index (κ3) is 12.3. The predicted molar refractivity (Wildman–Crippen MR) is 158 cm³/mol. The minimum atomic E-state index is -0.660. The molecule has 0 heterocycles. The fourth-order valence-electron chi connectivity index (χ4n) is 3.08.